The van der Waals surface area contributed by atoms with E-state index in [2.05, 4.69) is 23.9 Å². The standard InChI is InChI=1S/C44H56F3N3O10/c1-4-6-13-21-42(22-14-7-5-2)58-35-33-26-43(41(55)49(3)32(39(53)48-23-24-51)25-29-15-9-8-10-16-29)37(40(54)57-33)50(60-38(43)36(35)59-42)27-31-18-12-11-17-30(31)19-20-34(52)56-28-44(45,46)47/h8-12,15-20,32-33,35-38,51H,4-7,13-14,21-28H2,1-3H3,(H,48,53)/t32-,33-,35+,36+,37-,38-,43-/m1/s1. The number of amides is 2. The molecule has 3 aliphatic heterocycles. The lowest BCUT2D eigenvalue weighted by Crippen LogP contribution is -2.70. The number of unbranched alkanes of at least 4 members (excludes halogenated alkanes) is 4. The number of ether oxygens (including phenoxy) is 4. The molecule has 0 aromatic heterocycles. The molecule has 2 aromatic carbocycles. The van der Waals surface area contributed by atoms with Gasteiger partial charge in [0.15, 0.2) is 18.4 Å². The number of halogens is 3. The Morgan fingerprint density at radius 2 is 1.67 bits per heavy atom. The van der Waals surface area contributed by atoms with Gasteiger partial charge in [0.25, 0.3) is 0 Å². The zero-order chi connectivity index (χ0) is 43.1. The van der Waals surface area contributed by atoms with Crippen molar-refractivity contribution in [2.75, 3.05) is 26.8 Å². The Bertz CT molecular complexity index is 1840. The summed E-state index contributed by atoms with van der Waals surface area (Å²) >= 11 is 0. The van der Waals surface area contributed by atoms with Crippen LogP contribution in [0.1, 0.15) is 88.3 Å². The van der Waals surface area contributed by atoms with Crippen molar-refractivity contribution in [1.29, 1.82) is 0 Å². The average Bonchev–Trinajstić information content (AvgIpc) is 3.79. The quantitative estimate of drug-likeness (QED) is 0.0999. The molecule has 3 saturated heterocycles. The van der Waals surface area contributed by atoms with E-state index >= 15 is 4.79 Å². The highest BCUT2D eigenvalue weighted by Crippen LogP contribution is 2.58. The summed E-state index contributed by atoms with van der Waals surface area (Å²) in [6.45, 7) is 2.03. The number of likely N-dealkylation sites (N-methyl/N-ethyl adjacent to an activating group) is 1. The Balaban J connectivity index is 1.39. The van der Waals surface area contributed by atoms with Crippen molar-refractivity contribution in [1.82, 2.24) is 15.3 Å². The van der Waals surface area contributed by atoms with Crippen molar-refractivity contribution < 1.29 is 61.2 Å². The molecular weight excluding hydrogens is 787 g/mol. The molecule has 2 N–H and O–H groups in total. The van der Waals surface area contributed by atoms with Crippen molar-refractivity contribution in [3.63, 3.8) is 0 Å². The first-order valence-electron chi connectivity index (χ1n) is 20.9. The van der Waals surface area contributed by atoms with E-state index in [0.717, 1.165) is 50.2 Å². The van der Waals surface area contributed by atoms with E-state index in [0.29, 0.717) is 24.0 Å². The molecule has 13 nitrogen and oxygen atoms in total. The first-order valence-corrected chi connectivity index (χ1v) is 20.9. The van der Waals surface area contributed by atoms with Gasteiger partial charge in [0, 0.05) is 45.4 Å². The number of hydrogen-bond donors (Lipinski definition) is 2. The zero-order valence-corrected chi connectivity index (χ0v) is 34.4. The molecule has 0 spiro atoms. The zero-order valence-electron chi connectivity index (χ0n) is 34.4. The number of nitrogens with zero attached hydrogens (tertiary/aromatic N) is 2. The molecule has 2 amide bonds. The van der Waals surface area contributed by atoms with Crippen molar-refractivity contribution in [2.45, 2.75) is 133 Å². The van der Waals surface area contributed by atoms with Crippen LogP contribution in [0.3, 0.4) is 0 Å². The number of aliphatic hydroxyl groups is 1. The Kier molecular flexibility index (Phi) is 14.7. The molecule has 0 unspecified atom stereocenters. The topological polar surface area (TPSA) is 153 Å². The smallest absolute Gasteiger partial charge is 0.422 e. The van der Waals surface area contributed by atoms with Crippen LogP contribution in [-0.2, 0) is 55.9 Å². The molecule has 7 atom stereocenters. The molecule has 2 aromatic rings. The van der Waals surface area contributed by atoms with Crippen LogP contribution in [0.25, 0.3) is 6.08 Å². The molecule has 4 fully saturated rings. The lowest BCUT2D eigenvalue weighted by atomic mass is 9.62. The summed E-state index contributed by atoms with van der Waals surface area (Å²) in [5, 5.41) is 13.7. The van der Waals surface area contributed by atoms with Crippen molar-refractivity contribution in [3.05, 3.63) is 77.4 Å². The van der Waals surface area contributed by atoms with Gasteiger partial charge in [-0.05, 0) is 35.6 Å². The molecule has 4 aliphatic rings. The lowest BCUT2D eigenvalue weighted by molar-refractivity contribution is -0.225. The van der Waals surface area contributed by atoms with Gasteiger partial charge in [0.2, 0.25) is 11.8 Å². The summed E-state index contributed by atoms with van der Waals surface area (Å²) in [7, 11) is 1.53. The van der Waals surface area contributed by atoms with Gasteiger partial charge >= 0.3 is 18.1 Å². The summed E-state index contributed by atoms with van der Waals surface area (Å²) in [6, 6.07) is 13.6. The van der Waals surface area contributed by atoms with Crippen LogP contribution in [0.15, 0.2) is 60.7 Å². The average molecular weight is 844 g/mol. The van der Waals surface area contributed by atoms with Crippen LogP contribution in [0, 0.1) is 5.41 Å². The van der Waals surface area contributed by atoms with E-state index in [4.69, 9.17) is 19.0 Å². The fourth-order valence-corrected chi connectivity index (χ4v) is 9.05. The van der Waals surface area contributed by atoms with Gasteiger partial charge in [-0.2, -0.15) is 18.2 Å². The maximum absolute atomic E-state index is 15.5. The molecule has 0 radical (unpaired) electrons. The highest BCUT2D eigenvalue weighted by molar-refractivity contribution is 5.96. The number of alkyl halides is 3. The van der Waals surface area contributed by atoms with Crippen LogP contribution in [0.4, 0.5) is 13.2 Å². The van der Waals surface area contributed by atoms with Gasteiger partial charge in [-0.25, -0.2) is 4.79 Å². The lowest BCUT2D eigenvalue weighted by Gasteiger charge is -2.50. The van der Waals surface area contributed by atoms with Gasteiger partial charge in [0.1, 0.15) is 35.9 Å². The number of carbonyl (C=O) groups is 4. The molecule has 1 saturated carbocycles. The van der Waals surface area contributed by atoms with Crippen LogP contribution in [0.2, 0.25) is 0 Å². The number of carbonyl (C=O) groups excluding carboxylic acids is 4. The van der Waals surface area contributed by atoms with Gasteiger partial charge in [-0.1, -0.05) is 94.1 Å². The third-order valence-electron chi connectivity index (χ3n) is 11.9. The molecule has 1 aliphatic carbocycles. The van der Waals surface area contributed by atoms with E-state index in [1.165, 1.54) is 23.1 Å². The van der Waals surface area contributed by atoms with Crippen LogP contribution in [-0.4, -0.2) is 114 Å². The largest absolute Gasteiger partial charge is 0.458 e. The predicted octanol–water partition coefficient (Wildman–Crippen LogP) is 5.42. The second-order valence-electron chi connectivity index (χ2n) is 16.1. The number of nitrogens with one attached hydrogen (secondary N) is 1. The summed E-state index contributed by atoms with van der Waals surface area (Å²) in [6.07, 6.45) is 0.826. The first-order chi connectivity index (χ1) is 28.8. The summed E-state index contributed by atoms with van der Waals surface area (Å²) in [5.41, 5.74) is 0.0984. The van der Waals surface area contributed by atoms with E-state index < -0.39 is 84.2 Å². The minimum Gasteiger partial charge on any atom is -0.458 e. The van der Waals surface area contributed by atoms with Gasteiger partial charge in [-0.3, -0.25) is 19.2 Å². The third-order valence-corrected chi connectivity index (χ3v) is 11.9. The van der Waals surface area contributed by atoms with Gasteiger partial charge < -0.3 is 34.3 Å². The second kappa shape index (κ2) is 19.6. The fourth-order valence-electron chi connectivity index (χ4n) is 9.05. The third kappa shape index (κ3) is 9.89. The molecular formula is C44H56F3N3O10. The van der Waals surface area contributed by atoms with Crippen molar-refractivity contribution >= 4 is 29.8 Å². The van der Waals surface area contributed by atoms with E-state index in [1.54, 1.807) is 24.3 Å². The maximum Gasteiger partial charge on any atom is 0.422 e. The molecule has 60 heavy (non-hydrogen) atoms. The number of esters is 2. The highest BCUT2D eigenvalue weighted by atomic mass is 19.4. The van der Waals surface area contributed by atoms with Gasteiger partial charge in [-0.15, -0.1) is 0 Å². The van der Waals surface area contributed by atoms with Crippen LogP contribution in [0.5, 0.6) is 0 Å². The summed E-state index contributed by atoms with van der Waals surface area (Å²) in [4.78, 5) is 64.2. The number of fused-ring (bicyclic) bond motifs is 4. The summed E-state index contributed by atoms with van der Waals surface area (Å²) < 4.78 is 62.5. The Morgan fingerprint density at radius 3 is 2.33 bits per heavy atom. The number of aliphatic hydroxyl groups excluding tert-OH is 1. The highest BCUT2D eigenvalue weighted by Gasteiger charge is 2.76. The molecule has 6 rings (SSSR count). The van der Waals surface area contributed by atoms with E-state index in [9.17, 15) is 32.7 Å². The molecule has 328 valence electrons. The van der Waals surface area contributed by atoms with E-state index in [-0.39, 0.29) is 32.5 Å². The molecule has 2 bridgehead atoms. The van der Waals surface area contributed by atoms with E-state index in [1.807, 2.05) is 30.3 Å². The first kappa shape index (κ1) is 45.2. The number of rotatable bonds is 20. The number of hydrogen-bond acceptors (Lipinski definition) is 11. The maximum atomic E-state index is 15.5. The SMILES string of the molecule is CCCCCC1(CCCCC)O[C@@H]2[C@H](O1)[C@H]1ON(Cc3ccccc3C=CC(=O)OCC(F)(F)F)[C@@H]3C(=O)O[C@@H]2C[C@]13C(=O)N(C)[C@H](Cc1ccccc1)C(=O)NCCO. The normalized spacial score (nSPS) is 26.1. The minimum atomic E-state index is -4.69. The second-order valence-corrected chi connectivity index (χ2v) is 16.1. The minimum absolute atomic E-state index is 0.0151. The fraction of sp³-hybridized carbons (Fsp3) is 0.591. The monoisotopic (exact) mass is 843 g/mol. The van der Waals surface area contributed by atoms with Crippen molar-refractivity contribution in [2.24, 2.45) is 5.41 Å². The molecule has 16 heteroatoms. The Labute approximate surface area is 348 Å². The van der Waals surface area contributed by atoms with Crippen LogP contribution < -0.4 is 5.32 Å². The molecule has 3 heterocycles. The van der Waals surface area contributed by atoms with Gasteiger partial charge in [0.05, 0.1) is 13.2 Å². The van der Waals surface area contributed by atoms with Crippen LogP contribution >= 0.6 is 0 Å². The Hall–Kier alpha value is -4.35. The number of hydroxylamine groups is 2. The number of benzene rings is 2. The Morgan fingerprint density at radius 1 is 1.00 bits per heavy atom. The van der Waals surface area contributed by atoms with Crippen molar-refractivity contribution in [3.8, 4) is 0 Å². The summed E-state index contributed by atoms with van der Waals surface area (Å²) in [5.74, 6) is -3.95. The predicted molar refractivity (Wildman–Crippen MR) is 211 cm³/mol.